The number of aliphatic imine (C=N–C) groups is 1. The third-order valence-corrected chi connectivity index (χ3v) is 3.63. The average molecular weight is 250 g/mol. The van der Waals surface area contributed by atoms with Gasteiger partial charge in [-0.05, 0) is 6.92 Å². The lowest BCUT2D eigenvalue weighted by molar-refractivity contribution is -0.120. The fourth-order valence-corrected chi connectivity index (χ4v) is 2.90. The maximum Gasteiger partial charge on any atom is 0.217 e. The number of nitrogens with zero attached hydrogens (tertiary/aromatic N) is 1. The summed E-state index contributed by atoms with van der Waals surface area (Å²) in [4.78, 5) is 15.4. The van der Waals surface area contributed by atoms with Crippen LogP contribution in [-0.2, 0) is 10.5 Å². The van der Waals surface area contributed by atoms with Crippen molar-refractivity contribution in [1.82, 2.24) is 5.32 Å². The predicted octanol–water partition coefficient (Wildman–Crippen LogP) is 1.46. The number of nitrogens with one attached hydrogen (secondary N) is 1. The number of carbonyl (C=O) groups is 1. The van der Waals surface area contributed by atoms with E-state index in [4.69, 9.17) is 0 Å². The van der Waals surface area contributed by atoms with Gasteiger partial charge in [0.05, 0.1) is 5.04 Å². The molecule has 0 aliphatic carbocycles. The first-order chi connectivity index (χ1) is 8.02. The normalized spacial score (nSPS) is 27.7. The predicted molar refractivity (Wildman–Crippen MR) is 68.6 cm³/mol. The molecule has 1 aliphatic rings. The molecule has 17 heavy (non-hydrogen) atoms. The van der Waals surface area contributed by atoms with Gasteiger partial charge in [0.25, 0.3) is 0 Å². The molecule has 0 spiro atoms. The Morgan fingerprint density at radius 3 is 2.71 bits per heavy atom. The molecular weight excluding hydrogens is 236 g/mol. The minimum absolute atomic E-state index is 0.179. The topological polar surface area (TPSA) is 61.7 Å². The minimum Gasteiger partial charge on any atom is -0.363 e. The third kappa shape index (κ3) is 2.35. The molecule has 5 heteroatoms. The largest absolute Gasteiger partial charge is 0.363 e. The van der Waals surface area contributed by atoms with Gasteiger partial charge in [0.15, 0.2) is 0 Å². The summed E-state index contributed by atoms with van der Waals surface area (Å²) < 4.78 is 0. The van der Waals surface area contributed by atoms with Gasteiger partial charge in [-0.25, -0.2) is 4.99 Å². The first-order valence-corrected chi connectivity index (χ1v) is 6.18. The molecule has 4 nitrogen and oxygen atoms in total. The standard InChI is InChI=1S/C12H14N2O2S/c1-8(15)13-11-12(16,14-9(2)17-11)10-6-4-3-5-7-10/h3-7,11,16H,1-2H3,(H,13,15). The summed E-state index contributed by atoms with van der Waals surface area (Å²) in [5.41, 5.74) is -0.690. The summed E-state index contributed by atoms with van der Waals surface area (Å²) in [7, 11) is 0. The highest BCUT2D eigenvalue weighted by Crippen LogP contribution is 2.39. The Morgan fingerprint density at radius 1 is 1.47 bits per heavy atom. The molecule has 2 N–H and O–H groups in total. The highest BCUT2D eigenvalue weighted by atomic mass is 32.2. The van der Waals surface area contributed by atoms with Crippen molar-refractivity contribution >= 4 is 22.7 Å². The Labute approximate surface area is 104 Å². The van der Waals surface area contributed by atoms with Crippen LogP contribution in [0.15, 0.2) is 35.3 Å². The van der Waals surface area contributed by atoms with Crippen LogP contribution < -0.4 is 5.32 Å². The summed E-state index contributed by atoms with van der Waals surface area (Å²) in [6.07, 6.45) is 0. The molecule has 2 unspecified atom stereocenters. The highest BCUT2D eigenvalue weighted by Gasteiger charge is 2.44. The van der Waals surface area contributed by atoms with E-state index < -0.39 is 11.1 Å². The van der Waals surface area contributed by atoms with E-state index in [2.05, 4.69) is 10.3 Å². The summed E-state index contributed by atoms with van der Waals surface area (Å²) in [5.74, 6) is -0.179. The van der Waals surface area contributed by atoms with E-state index >= 15 is 0 Å². The van der Waals surface area contributed by atoms with Gasteiger partial charge in [-0.15, -0.1) is 0 Å². The number of carbonyl (C=O) groups excluding carboxylic acids is 1. The van der Waals surface area contributed by atoms with Crippen molar-refractivity contribution in [2.24, 2.45) is 4.99 Å². The molecule has 1 aromatic carbocycles. The fourth-order valence-electron chi connectivity index (χ4n) is 1.79. The summed E-state index contributed by atoms with van der Waals surface area (Å²) >= 11 is 1.36. The van der Waals surface area contributed by atoms with Gasteiger partial charge in [0, 0.05) is 12.5 Å². The fraction of sp³-hybridized carbons (Fsp3) is 0.333. The molecule has 1 amide bonds. The zero-order valence-electron chi connectivity index (χ0n) is 9.68. The first kappa shape index (κ1) is 12.1. The van der Waals surface area contributed by atoms with Crippen molar-refractivity contribution in [3.05, 3.63) is 35.9 Å². The van der Waals surface area contributed by atoms with E-state index in [0.717, 1.165) is 5.04 Å². The van der Waals surface area contributed by atoms with Crippen LogP contribution in [0.1, 0.15) is 19.4 Å². The number of thioether (sulfide) groups is 1. The SMILES string of the molecule is CC(=O)NC1SC(C)=NC1(O)c1ccccc1. The van der Waals surface area contributed by atoms with Crippen LogP contribution in [0.25, 0.3) is 0 Å². The summed E-state index contributed by atoms with van der Waals surface area (Å²) in [6.45, 7) is 3.25. The van der Waals surface area contributed by atoms with Crippen molar-refractivity contribution in [3.63, 3.8) is 0 Å². The Kier molecular flexibility index (Phi) is 3.22. The molecule has 0 saturated heterocycles. The zero-order valence-corrected chi connectivity index (χ0v) is 10.5. The average Bonchev–Trinajstić information content (AvgIpc) is 2.55. The van der Waals surface area contributed by atoms with Crippen LogP contribution in [0, 0.1) is 0 Å². The van der Waals surface area contributed by atoms with Crippen molar-refractivity contribution in [2.75, 3.05) is 0 Å². The molecule has 0 radical (unpaired) electrons. The Balaban J connectivity index is 2.35. The van der Waals surface area contributed by atoms with Crippen LogP contribution >= 0.6 is 11.8 Å². The number of rotatable bonds is 2. The van der Waals surface area contributed by atoms with Crippen LogP contribution in [0.3, 0.4) is 0 Å². The van der Waals surface area contributed by atoms with E-state index in [0.29, 0.717) is 5.56 Å². The van der Waals surface area contributed by atoms with Crippen LogP contribution in [0.2, 0.25) is 0 Å². The molecule has 90 valence electrons. The van der Waals surface area contributed by atoms with E-state index in [9.17, 15) is 9.90 Å². The number of hydrogen-bond acceptors (Lipinski definition) is 4. The van der Waals surface area contributed by atoms with Gasteiger partial charge >= 0.3 is 0 Å². The van der Waals surface area contributed by atoms with Gasteiger partial charge in [-0.2, -0.15) is 0 Å². The minimum atomic E-state index is -1.37. The lowest BCUT2D eigenvalue weighted by Gasteiger charge is -2.27. The van der Waals surface area contributed by atoms with E-state index in [1.54, 1.807) is 12.1 Å². The lowest BCUT2D eigenvalue weighted by atomic mass is 10.0. The number of amides is 1. The highest BCUT2D eigenvalue weighted by molar-refractivity contribution is 8.14. The van der Waals surface area contributed by atoms with Crippen LogP contribution in [-0.4, -0.2) is 21.4 Å². The van der Waals surface area contributed by atoms with Gasteiger partial charge < -0.3 is 10.4 Å². The quantitative estimate of drug-likeness (QED) is 0.835. The van der Waals surface area contributed by atoms with Gasteiger partial charge in [0.2, 0.25) is 11.6 Å². The van der Waals surface area contributed by atoms with Crippen molar-refractivity contribution in [1.29, 1.82) is 0 Å². The second kappa shape index (κ2) is 4.50. The van der Waals surface area contributed by atoms with Crippen molar-refractivity contribution in [2.45, 2.75) is 24.9 Å². The Hall–Kier alpha value is -1.33. The summed E-state index contributed by atoms with van der Waals surface area (Å²) in [6, 6.07) is 9.16. The Bertz CT molecular complexity index is 461. The van der Waals surface area contributed by atoms with E-state index in [1.807, 2.05) is 25.1 Å². The molecule has 0 aromatic heterocycles. The molecule has 1 aliphatic heterocycles. The third-order valence-electron chi connectivity index (χ3n) is 2.51. The molecule has 2 atom stereocenters. The molecule has 1 heterocycles. The molecule has 0 fully saturated rings. The van der Waals surface area contributed by atoms with Gasteiger partial charge in [-0.3, -0.25) is 4.79 Å². The second-order valence-electron chi connectivity index (χ2n) is 3.92. The summed E-state index contributed by atoms with van der Waals surface area (Å²) in [5, 5.41) is 13.6. The molecule has 0 bridgehead atoms. The van der Waals surface area contributed by atoms with E-state index in [1.165, 1.54) is 18.7 Å². The maximum absolute atomic E-state index is 11.1. The van der Waals surface area contributed by atoms with Crippen LogP contribution in [0.4, 0.5) is 0 Å². The smallest absolute Gasteiger partial charge is 0.217 e. The monoisotopic (exact) mass is 250 g/mol. The molecular formula is C12H14N2O2S. The molecule has 2 rings (SSSR count). The number of hydrogen-bond donors (Lipinski definition) is 2. The molecule has 1 aromatic rings. The van der Waals surface area contributed by atoms with Crippen molar-refractivity contribution in [3.8, 4) is 0 Å². The lowest BCUT2D eigenvalue weighted by Crippen LogP contribution is -2.44. The molecule has 0 saturated carbocycles. The van der Waals surface area contributed by atoms with Gasteiger partial charge in [-0.1, -0.05) is 42.1 Å². The first-order valence-electron chi connectivity index (χ1n) is 5.30. The maximum atomic E-state index is 11.1. The number of benzene rings is 1. The van der Waals surface area contributed by atoms with Crippen molar-refractivity contribution < 1.29 is 9.90 Å². The second-order valence-corrected chi connectivity index (χ2v) is 5.22. The van der Waals surface area contributed by atoms with Gasteiger partial charge in [0.1, 0.15) is 5.37 Å². The van der Waals surface area contributed by atoms with Crippen LogP contribution in [0.5, 0.6) is 0 Å². The Morgan fingerprint density at radius 2 is 2.12 bits per heavy atom. The number of aliphatic hydroxyl groups is 1. The zero-order chi connectivity index (χ0) is 12.5. The van der Waals surface area contributed by atoms with E-state index in [-0.39, 0.29) is 5.91 Å².